The van der Waals surface area contributed by atoms with Crippen molar-refractivity contribution in [1.82, 2.24) is 4.98 Å². The maximum absolute atomic E-state index is 11.9. The Bertz CT molecular complexity index is 842. The van der Waals surface area contributed by atoms with Crippen molar-refractivity contribution in [2.45, 2.75) is 19.4 Å². The minimum atomic E-state index is 0.200. The molecule has 0 spiro atoms. The van der Waals surface area contributed by atoms with Gasteiger partial charge in [-0.15, -0.1) is 11.3 Å². The average Bonchev–Trinajstić information content (AvgIpc) is 3.35. The quantitative estimate of drug-likeness (QED) is 0.759. The second-order valence-electron chi connectivity index (χ2n) is 5.67. The van der Waals surface area contributed by atoms with Crippen molar-refractivity contribution in [1.29, 1.82) is 0 Å². The van der Waals surface area contributed by atoms with Gasteiger partial charge in [0.1, 0.15) is 5.76 Å². The van der Waals surface area contributed by atoms with Crippen LogP contribution in [0.25, 0.3) is 11.3 Å². The van der Waals surface area contributed by atoms with E-state index in [1.165, 1.54) is 0 Å². The van der Waals surface area contributed by atoms with Crippen LogP contribution in [-0.2, 0) is 11.3 Å². The van der Waals surface area contributed by atoms with E-state index in [2.05, 4.69) is 10.3 Å². The molecular formula is C18H17N3O2S. The molecule has 24 heavy (non-hydrogen) atoms. The molecule has 1 aromatic carbocycles. The highest BCUT2D eigenvalue weighted by Crippen LogP contribution is 2.29. The van der Waals surface area contributed by atoms with Crippen LogP contribution in [0.5, 0.6) is 0 Å². The van der Waals surface area contributed by atoms with Crippen LogP contribution in [0.3, 0.4) is 0 Å². The van der Waals surface area contributed by atoms with Gasteiger partial charge in [0.25, 0.3) is 0 Å². The van der Waals surface area contributed by atoms with Crippen LogP contribution in [0.15, 0.2) is 52.5 Å². The lowest BCUT2D eigenvalue weighted by Crippen LogP contribution is -2.23. The summed E-state index contributed by atoms with van der Waals surface area (Å²) in [4.78, 5) is 18.4. The van der Waals surface area contributed by atoms with E-state index < -0.39 is 0 Å². The van der Waals surface area contributed by atoms with Gasteiger partial charge in [-0.1, -0.05) is 12.1 Å². The van der Waals surface area contributed by atoms with Crippen LogP contribution in [0.4, 0.5) is 10.8 Å². The summed E-state index contributed by atoms with van der Waals surface area (Å²) < 4.78 is 5.31. The van der Waals surface area contributed by atoms with Crippen LogP contribution in [0, 0.1) is 0 Å². The predicted octanol–water partition coefficient (Wildman–Crippen LogP) is 4.14. The number of furan rings is 1. The van der Waals surface area contributed by atoms with E-state index >= 15 is 0 Å². The number of benzene rings is 1. The molecule has 0 bridgehead atoms. The molecule has 5 nitrogen and oxygen atoms in total. The molecule has 1 aliphatic rings. The molecule has 2 aromatic heterocycles. The monoisotopic (exact) mass is 339 g/mol. The van der Waals surface area contributed by atoms with Crippen LogP contribution < -0.4 is 10.2 Å². The van der Waals surface area contributed by atoms with Gasteiger partial charge in [0.15, 0.2) is 5.13 Å². The predicted molar refractivity (Wildman–Crippen MR) is 95.2 cm³/mol. The second kappa shape index (κ2) is 6.49. The molecule has 4 rings (SSSR count). The van der Waals surface area contributed by atoms with E-state index in [1.54, 1.807) is 17.6 Å². The molecule has 1 amide bonds. The van der Waals surface area contributed by atoms with Crippen LogP contribution in [-0.4, -0.2) is 17.4 Å². The first-order chi connectivity index (χ1) is 11.8. The highest BCUT2D eigenvalue weighted by molar-refractivity contribution is 7.14. The zero-order chi connectivity index (χ0) is 16.4. The summed E-state index contributed by atoms with van der Waals surface area (Å²) in [6.45, 7) is 1.41. The third-order valence-electron chi connectivity index (χ3n) is 4.03. The molecular weight excluding hydrogens is 322 g/mol. The molecule has 0 aliphatic carbocycles. The molecule has 6 heteroatoms. The number of aromatic nitrogens is 1. The third-order valence-corrected chi connectivity index (χ3v) is 4.83. The molecule has 0 unspecified atom stereocenters. The summed E-state index contributed by atoms with van der Waals surface area (Å²) in [5, 5.41) is 6.14. The van der Waals surface area contributed by atoms with Gasteiger partial charge in [0.05, 0.1) is 18.5 Å². The van der Waals surface area contributed by atoms with Gasteiger partial charge < -0.3 is 14.6 Å². The summed E-state index contributed by atoms with van der Waals surface area (Å²) >= 11 is 1.56. The van der Waals surface area contributed by atoms with Crippen molar-refractivity contribution >= 4 is 28.1 Å². The minimum absolute atomic E-state index is 0.200. The number of carbonyl (C=O) groups excluding carboxylic acids is 1. The van der Waals surface area contributed by atoms with Gasteiger partial charge in [0.2, 0.25) is 5.91 Å². The molecule has 0 radical (unpaired) electrons. The zero-order valence-electron chi connectivity index (χ0n) is 13.1. The highest BCUT2D eigenvalue weighted by atomic mass is 32.1. The summed E-state index contributed by atoms with van der Waals surface area (Å²) in [5.41, 5.74) is 2.89. The molecule has 122 valence electrons. The Labute approximate surface area is 143 Å². The van der Waals surface area contributed by atoms with Gasteiger partial charge in [-0.05, 0) is 30.7 Å². The van der Waals surface area contributed by atoms with E-state index in [1.807, 2.05) is 46.7 Å². The summed E-state index contributed by atoms with van der Waals surface area (Å²) in [5.74, 6) is 1.08. The molecule has 1 aliphatic heterocycles. The maximum Gasteiger partial charge on any atom is 0.227 e. The highest BCUT2D eigenvalue weighted by Gasteiger charge is 2.21. The number of amides is 1. The fourth-order valence-electron chi connectivity index (χ4n) is 2.82. The number of hydrogen-bond acceptors (Lipinski definition) is 5. The fraction of sp³-hybridized carbons (Fsp3) is 0.222. The van der Waals surface area contributed by atoms with Gasteiger partial charge >= 0.3 is 0 Å². The molecule has 3 heterocycles. The van der Waals surface area contributed by atoms with Crippen molar-refractivity contribution < 1.29 is 9.21 Å². The van der Waals surface area contributed by atoms with E-state index in [0.717, 1.165) is 40.8 Å². The van der Waals surface area contributed by atoms with Crippen LogP contribution >= 0.6 is 11.3 Å². The molecule has 0 saturated carbocycles. The SMILES string of the molecule is O=C1CCCN1c1cccc(-c2csc(NCc3ccco3)n2)c1. The lowest BCUT2D eigenvalue weighted by molar-refractivity contribution is -0.117. The Balaban J connectivity index is 1.50. The Hall–Kier alpha value is -2.60. The summed E-state index contributed by atoms with van der Waals surface area (Å²) in [6, 6.07) is 11.8. The number of rotatable bonds is 5. The average molecular weight is 339 g/mol. The lowest BCUT2D eigenvalue weighted by Gasteiger charge is -2.16. The van der Waals surface area contributed by atoms with Crippen molar-refractivity contribution in [3.63, 3.8) is 0 Å². The number of anilines is 2. The van der Waals surface area contributed by atoms with Gasteiger partial charge in [-0.25, -0.2) is 4.98 Å². The van der Waals surface area contributed by atoms with Crippen molar-refractivity contribution in [2.75, 3.05) is 16.8 Å². The van der Waals surface area contributed by atoms with Crippen molar-refractivity contribution in [3.05, 3.63) is 53.8 Å². The number of nitrogens with one attached hydrogen (secondary N) is 1. The molecule has 1 saturated heterocycles. The zero-order valence-corrected chi connectivity index (χ0v) is 13.9. The van der Waals surface area contributed by atoms with Gasteiger partial charge in [-0.3, -0.25) is 4.79 Å². The number of carbonyl (C=O) groups is 1. The van der Waals surface area contributed by atoms with Crippen LogP contribution in [0.1, 0.15) is 18.6 Å². The molecule has 0 atom stereocenters. The Morgan fingerprint density at radius 2 is 2.25 bits per heavy atom. The van der Waals surface area contributed by atoms with Crippen molar-refractivity contribution in [3.8, 4) is 11.3 Å². The normalized spacial score (nSPS) is 14.3. The standard InChI is InChI=1S/C18H17N3O2S/c22-17-7-2-8-21(17)14-5-1-4-13(10-14)16-12-24-18(20-16)19-11-15-6-3-9-23-15/h1,3-6,9-10,12H,2,7-8,11H2,(H,19,20). The Morgan fingerprint density at radius 3 is 3.04 bits per heavy atom. The third kappa shape index (κ3) is 3.05. The molecule has 1 fully saturated rings. The van der Waals surface area contributed by atoms with E-state index in [0.29, 0.717) is 13.0 Å². The van der Waals surface area contributed by atoms with E-state index in [-0.39, 0.29) is 5.91 Å². The van der Waals surface area contributed by atoms with Gasteiger partial charge in [-0.2, -0.15) is 0 Å². The minimum Gasteiger partial charge on any atom is -0.467 e. The lowest BCUT2D eigenvalue weighted by atomic mass is 10.1. The first kappa shape index (κ1) is 15.0. The summed E-state index contributed by atoms with van der Waals surface area (Å²) in [6.07, 6.45) is 3.23. The van der Waals surface area contributed by atoms with E-state index in [4.69, 9.17) is 4.42 Å². The number of nitrogens with zero attached hydrogens (tertiary/aromatic N) is 2. The molecule has 3 aromatic rings. The first-order valence-electron chi connectivity index (χ1n) is 7.92. The largest absolute Gasteiger partial charge is 0.467 e. The van der Waals surface area contributed by atoms with Crippen LogP contribution in [0.2, 0.25) is 0 Å². The first-order valence-corrected chi connectivity index (χ1v) is 8.80. The maximum atomic E-state index is 11.9. The van der Waals surface area contributed by atoms with E-state index in [9.17, 15) is 4.79 Å². The topological polar surface area (TPSA) is 58.4 Å². The number of hydrogen-bond donors (Lipinski definition) is 1. The Morgan fingerprint density at radius 1 is 1.29 bits per heavy atom. The number of thiazole rings is 1. The van der Waals surface area contributed by atoms with Gasteiger partial charge in [0, 0.05) is 29.6 Å². The second-order valence-corrected chi connectivity index (χ2v) is 6.53. The molecule has 1 N–H and O–H groups in total. The van der Waals surface area contributed by atoms with Crippen molar-refractivity contribution in [2.24, 2.45) is 0 Å². The Kier molecular flexibility index (Phi) is 4.04. The fourth-order valence-corrected chi connectivity index (χ4v) is 3.54. The summed E-state index contributed by atoms with van der Waals surface area (Å²) in [7, 11) is 0. The smallest absolute Gasteiger partial charge is 0.227 e.